The maximum absolute atomic E-state index is 9.80. The Morgan fingerprint density at radius 3 is 2.38 bits per heavy atom. The van der Waals surface area contributed by atoms with Crippen molar-refractivity contribution in [3.8, 4) is 0 Å². The van der Waals surface area contributed by atoms with Gasteiger partial charge in [-0.1, -0.05) is 13.8 Å². The highest BCUT2D eigenvalue weighted by atomic mass is 16.3. The van der Waals surface area contributed by atoms with Gasteiger partial charge in [0.2, 0.25) is 0 Å². The second kappa shape index (κ2) is 5.58. The summed E-state index contributed by atoms with van der Waals surface area (Å²) in [5.41, 5.74) is -0.707. The van der Waals surface area contributed by atoms with Crippen LogP contribution in [0.4, 0.5) is 0 Å². The monoisotopic (exact) mass is 189 g/mol. The van der Waals surface area contributed by atoms with Crippen molar-refractivity contribution in [1.82, 2.24) is 4.90 Å². The number of aliphatic hydroxyl groups excluding tert-OH is 1. The van der Waals surface area contributed by atoms with Crippen molar-refractivity contribution in [2.24, 2.45) is 5.92 Å². The van der Waals surface area contributed by atoms with E-state index in [1.165, 1.54) is 0 Å². The normalized spacial score (nSPS) is 35.1. The van der Waals surface area contributed by atoms with Crippen LogP contribution in [0.1, 0.15) is 27.2 Å². The first-order chi connectivity index (χ1) is 6.06. The minimum atomic E-state index is -0.707. The molecule has 3 nitrogen and oxygen atoms in total. The molecule has 1 rings (SSSR count). The number of hydrogen-bond donors (Lipinski definition) is 2. The van der Waals surface area contributed by atoms with Crippen molar-refractivity contribution in [1.29, 1.82) is 0 Å². The van der Waals surface area contributed by atoms with Gasteiger partial charge in [0.1, 0.15) is 0 Å². The van der Waals surface area contributed by atoms with E-state index < -0.39 is 5.60 Å². The molecule has 2 unspecified atom stereocenters. The van der Waals surface area contributed by atoms with Gasteiger partial charge < -0.3 is 15.1 Å². The van der Waals surface area contributed by atoms with Crippen LogP contribution in [-0.2, 0) is 0 Å². The lowest BCUT2D eigenvalue weighted by molar-refractivity contribution is -0.0732. The van der Waals surface area contributed by atoms with Gasteiger partial charge in [-0.3, -0.25) is 0 Å². The molecular weight excluding hydrogens is 166 g/mol. The third kappa shape index (κ3) is 3.63. The summed E-state index contributed by atoms with van der Waals surface area (Å²) in [5.74, 6) is 0.0544. The van der Waals surface area contributed by atoms with Crippen LogP contribution in [0, 0.1) is 5.92 Å². The number of likely N-dealkylation sites (tertiary alicyclic amines) is 1. The third-order valence-electron chi connectivity index (χ3n) is 2.55. The van der Waals surface area contributed by atoms with Gasteiger partial charge in [0.15, 0.2) is 0 Å². The number of likely N-dealkylation sites (N-methyl/N-ethyl adjacent to an activating group) is 1. The van der Waals surface area contributed by atoms with Gasteiger partial charge in [0.05, 0.1) is 5.60 Å². The SMILES string of the molecule is CC.CN1CCC(CO)C(C)(O)C1. The fraction of sp³-hybridized carbons (Fsp3) is 1.00. The summed E-state index contributed by atoms with van der Waals surface area (Å²) in [4.78, 5) is 2.09. The minimum Gasteiger partial charge on any atom is -0.396 e. The van der Waals surface area contributed by atoms with E-state index in [0.29, 0.717) is 6.54 Å². The summed E-state index contributed by atoms with van der Waals surface area (Å²) >= 11 is 0. The van der Waals surface area contributed by atoms with Crippen LogP contribution < -0.4 is 0 Å². The van der Waals surface area contributed by atoms with Crippen molar-refractivity contribution in [2.75, 3.05) is 26.7 Å². The van der Waals surface area contributed by atoms with Crippen molar-refractivity contribution in [3.63, 3.8) is 0 Å². The lowest BCUT2D eigenvalue weighted by Crippen LogP contribution is -2.51. The van der Waals surface area contributed by atoms with Gasteiger partial charge in [-0.25, -0.2) is 0 Å². The highest BCUT2D eigenvalue weighted by Crippen LogP contribution is 2.25. The summed E-state index contributed by atoms with van der Waals surface area (Å²) in [6, 6.07) is 0. The van der Waals surface area contributed by atoms with E-state index in [9.17, 15) is 5.11 Å². The second-order valence-electron chi connectivity index (χ2n) is 3.76. The molecule has 2 atom stereocenters. The number of piperidine rings is 1. The smallest absolute Gasteiger partial charge is 0.0796 e. The molecule has 0 saturated carbocycles. The minimum absolute atomic E-state index is 0.0544. The summed E-state index contributed by atoms with van der Waals surface area (Å²) in [6.45, 7) is 7.53. The average molecular weight is 189 g/mol. The lowest BCUT2D eigenvalue weighted by Gasteiger charge is -2.40. The molecule has 0 aromatic carbocycles. The maximum Gasteiger partial charge on any atom is 0.0796 e. The van der Waals surface area contributed by atoms with E-state index in [0.717, 1.165) is 13.0 Å². The van der Waals surface area contributed by atoms with Gasteiger partial charge in [-0.15, -0.1) is 0 Å². The summed E-state index contributed by atoms with van der Waals surface area (Å²) in [6.07, 6.45) is 0.889. The predicted molar refractivity (Wildman–Crippen MR) is 54.7 cm³/mol. The summed E-state index contributed by atoms with van der Waals surface area (Å²) in [5, 5.41) is 18.7. The van der Waals surface area contributed by atoms with E-state index in [2.05, 4.69) is 4.90 Å². The molecule has 0 aromatic heterocycles. The van der Waals surface area contributed by atoms with Crippen LogP contribution in [0.5, 0.6) is 0 Å². The van der Waals surface area contributed by atoms with Crippen molar-refractivity contribution in [2.45, 2.75) is 32.8 Å². The quantitative estimate of drug-likeness (QED) is 0.638. The number of hydrogen-bond acceptors (Lipinski definition) is 3. The van der Waals surface area contributed by atoms with Crippen molar-refractivity contribution < 1.29 is 10.2 Å². The Labute approximate surface area is 81.4 Å². The van der Waals surface area contributed by atoms with Crippen LogP contribution >= 0.6 is 0 Å². The number of rotatable bonds is 1. The highest BCUT2D eigenvalue weighted by Gasteiger charge is 2.35. The molecule has 1 aliphatic rings. The molecule has 80 valence electrons. The van der Waals surface area contributed by atoms with Crippen LogP contribution in [0.2, 0.25) is 0 Å². The Morgan fingerprint density at radius 1 is 1.46 bits per heavy atom. The van der Waals surface area contributed by atoms with E-state index >= 15 is 0 Å². The highest BCUT2D eigenvalue weighted by molar-refractivity contribution is 4.88. The fourth-order valence-corrected chi connectivity index (χ4v) is 1.73. The summed E-state index contributed by atoms with van der Waals surface area (Å²) < 4.78 is 0. The Bertz CT molecular complexity index is 137. The molecule has 2 N–H and O–H groups in total. The zero-order chi connectivity index (χ0) is 10.5. The molecule has 1 saturated heterocycles. The Balaban J connectivity index is 0.000000671. The van der Waals surface area contributed by atoms with Gasteiger partial charge in [-0.2, -0.15) is 0 Å². The van der Waals surface area contributed by atoms with E-state index in [4.69, 9.17) is 5.11 Å². The Kier molecular flexibility index (Phi) is 5.53. The third-order valence-corrected chi connectivity index (χ3v) is 2.55. The van der Waals surface area contributed by atoms with Crippen molar-refractivity contribution >= 4 is 0 Å². The standard InChI is InChI=1S/C8H17NO2.C2H6/c1-8(11)6-9(2)4-3-7(8)5-10;1-2/h7,10-11H,3-6H2,1-2H3;1-2H3. The van der Waals surface area contributed by atoms with Crippen LogP contribution in [0.15, 0.2) is 0 Å². The van der Waals surface area contributed by atoms with E-state index in [1.54, 1.807) is 6.92 Å². The summed E-state index contributed by atoms with van der Waals surface area (Å²) in [7, 11) is 1.99. The Morgan fingerprint density at radius 2 is 2.00 bits per heavy atom. The molecule has 1 fully saturated rings. The molecule has 1 heterocycles. The van der Waals surface area contributed by atoms with Crippen LogP contribution in [0.3, 0.4) is 0 Å². The molecule has 0 bridgehead atoms. The number of aliphatic hydroxyl groups is 2. The largest absolute Gasteiger partial charge is 0.396 e. The van der Waals surface area contributed by atoms with Crippen LogP contribution in [0.25, 0.3) is 0 Å². The second-order valence-corrected chi connectivity index (χ2v) is 3.76. The van der Waals surface area contributed by atoms with Gasteiger partial charge >= 0.3 is 0 Å². The molecule has 13 heavy (non-hydrogen) atoms. The molecule has 0 aliphatic carbocycles. The zero-order valence-electron chi connectivity index (χ0n) is 9.25. The number of nitrogens with zero attached hydrogens (tertiary/aromatic N) is 1. The van der Waals surface area contributed by atoms with Gasteiger partial charge in [0, 0.05) is 19.1 Å². The van der Waals surface area contributed by atoms with Gasteiger partial charge in [-0.05, 0) is 26.9 Å². The number of β-amino-alcohol motifs (C(OH)–C–C–N with tert-alkyl or cyclic N) is 1. The van der Waals surface area contributed by atoms with Crippen molar-refractivity contribution in [3.05, 3.63) is 0 Å². The molecule has 0 aromatic rings. The first-order valence-corrected chi connectivity index (χ1v) is 5.08. The molecule has 0 radical (unpaired) electrons. The Hall–Kier alpha value is -0.120. The predicted octanol–water partition coefficient (Wildman–Crippen LogP) is 0.708. The van der Waals surface area contributed by atoms with Crippen LogP contribution in [-0.4, -0.2) is 47.5 Å². The maximum atomic E-state index is 9.80. The molecular formula is C10H23NO2. The first-order valence-electron chi connectivity index (χ1n) is 5.08. The lowest BCUT2D eigenvalue weighted by atomic mass is 9.83. The molecule has 1 aliphatic heterocycles. The molecule has 3 heteroatoms. The fourth-order valence-electron chi connectivity index (χ4n) is 1.73. The molecule has 0 amide bonds. The topological polar surface area (TPSA) is 43.7 Å². The van der Waals surface area contributed by atoms with E-state index in [1.807, 2.05) is 20.9 Å². The average Bonchev–Trinajstić information content (AvgIpc) is 2.06. The molecule has 0 spiro atoms. The van der Waals surface area contributed by atoms with Gasteiger partial charge in [0.25, 0.3) is 0 Å². The first kappa shape index (κ1) is 12.9. The van der Waals surface area contributed by atoms with E-state index in [-0.39, 0.29) is 12.5 Å². The zero-order valence-corrected chi connectivity index (χ0v) is 9.25.